The summed E-state index contributed by atoms with van der Waals surface area (Å²) in [6, 6.07) is -1.81. The molecule has 0 fully saturated rings. The van der Waals surface area contributed by atoms with Gasteiger partial charge in [0.2, 0.25) is 17.7 Å². The molecule has 0 aromatic heterocycles. The first-order valence-corrected chi connectivity index (χ1v) is 16.5. The van der Waals surface area contributed by atoms with Crippen molar-refractivity contribution in [2.75, 3.05) is 39.5 Å². The first kappa shape index (κ1) is 43.0. The zero-order valence-electron chi connectivity index (χ0n) is 27.2. The van der Waals surface area contributed by atoms with E-state index in [2.05, 4.69) is 16.0 Å². The van der Waals surface area contributed by atoms with E-state index < -0.39 is 29.7 Å². The maximum atomic E-state index is 12.2. The standard InChI is InChI=1S/C31H55BN4O10/c32-30(42)24(33)13-11-12-18-34-28(39)23-46-22-21-45-20-19-35-26(37)17-16-25(31(43)44)36-27(38)14-9-7-5-3-1-2-4-6-8-10-15-29(40)41/h24-25H,1-23,33H2,(H,34,39)(H,35,37)(H,36,38)(H,40,41)(H,43,44). The summed E-state index contributed by atoms with van der Waals surface area (Å²) in [5.74, 6) is -2.90. The minimum absolute atomic E-state index is 0.0269. The fourth-order valence-electron chi connectivity index (χ4n) is 4.42. The SMILES string of the molecule is [B]C(=O)C(N)CCCCNC(=O)COCCOCCNC(=O)CCC(NC(=O)CCCCCCCCCCCCC(=O)O)C(=O)O. The van der Waals surface area contributed by atoms with Crippen LogP contribution in [0.25, 0.3) is 0 Å². The van der Waals surface area contributed by atoms with Crippen LogP contribution in [0.3, 0.4) is 0 Å². The molecule has 14 nitrogen and oxygen atoms in total. The second kappa shape index (κ2) is 29.4. The van der Waals surface area contributed by atoms with Gasteiger partial charge in [0.15, 0.2) is 7.85 Å². The lowest BCUT2D eigenvalue weighted by Crippen LogP contribution is -2.41. The number of carboxylic acids is 2. The lowest BCUT2D eigenvalue weighted by atomic mass is 9.92. The van der Waals surface area contributed by atoms with Gasteiger partial charge in [0.25, 0.3) is 0 Å². The molecule has 3 amide bonds. The van der Waals surface area contributed by atoms with Gasteiger partial charge in [0, 0.05) is 32.4 Å². The van der Waals surface area contributed by atoms with Gasteiger partial charge in [-0.15, -0.1) is 0 Å². The Balaban J connectivity index is 3.74. The molecule has 0 heterocycles. The van der Waals surface area contributed by atoms with E-state index >= 15 is 0 Å². The molecule has 0 aromatic rings. The van der Waals surface area contributed by atoms with E-state index in [0.29, 0.717) is 32.2 Å². The first-order chi connectivity index (χ1) is 22.0. The lowest BCUT2D eigenvalue weighted by molar-refractivity contribution is -0.142. The normalized spacial score (nSPS) is 12.2. The molecule has 2 atom stereocenters. The number of aliphatic carboxylic acids is 2. The number of nitrogens with two attached hydrogens (primary N) is 1. The Kier molecular flexibility index (Phi) is 27.4. The molecule has 0 saturated carbocycles. The van der Waals surface area contributed by atoms with Crippen LogP contribution in [-0.2, 0) is 38.2 Å². The molecule has 2 radical (unpaired) electrons. The molecule has 262 valence electrons. The highest BCUT2D eigenvalue weighted by Gasteiger charge is 2.20. The van der Waals surface area contributed by atoms with Crippen LogP contribution in [0.2, 0.25) is 0 Å². The van der Waals surface area contributed by atoms with E-state index in [1.807, 2.05) is 0 Å². The smallest absolute Gasteiger partial charge is 0.326 e. The highest BCUT2D eigenvalue weighted by Crippen LogP contribution is 2.12. The van der Waals surface area contributed by atoms with Crippen LogP contribution in [0.4, 0.5) is 0 Å². The van der Waals surface area contributed by atoms with Crippen LogP contribution in [0.15, 0.2) is 0 Å². The van der Waals surface area contributed by atoms with Crippen LogP contribution in [0.1, 0.15) is 109 Å². The number of unbranched alkanes of at least 4 members (excludes halogenated alkanes) is 10. The van der Waals surface area contributed by atoms with Gasteiger partial charge in [-0.2, -0.15) is 0 Å². The monoisotopic (exact) mass is 654 g/mol. The summed E-state index contributed by atoms with van der Waals surface area (Å²) < 4.78 is 10.6. The lowest BCUT2D eigenvalue weighted by Gasteiger charge is -2.14. The number of hydrogen-bond donors (Lipinski definition) is 6. The van der Waals surface area contributed by atoms with E-state index in [1.165, 1.54) is 0 Å². The van der Waals surface area contributed by atoms with Gasteiger partial charge in [0.05, 0.1) is 31.5 Å². The molecule has 0 aliphatic rings. The highest BCUT2D eigenvalue weighted by atomic mass is 16.5. The number of carbonyl (C=O) groups is 6. The molecule has 7 N–H and O–H groups in total. The van der Waals surface area contributed by atoms with Crippen molar-refractivity contribution in [3.63, 3.8) is 0 Å². The van der Waals surface area contributed by atoms with E-state index in [0.717, 1.165) is 57.8 Å². The van der Waals surface area contributed by atoms with Crippen molar-refractivity contribution >= 4 is 43.2 Å². The number of ether oxygens (including phenoxy) is 2. The molecule has 0 bridgehead atoms. The summed E-state index contributed by atoms with van der Waals surface area (Å²) >= 11 is 0. The molecule has 0 aromatic carbocycles. The van der Waals surface area contributed by atoms with Crippen molar-refractivity contribution in [3.8, 4) is 0 Å². The Morgan fingerprint density at radius 1 is 0.609 bits per heavy atom. The predicted octanol–water partition coefficient (Wildman–Crippen LogP) is 1.56. The van der Waals surface area contributed by atoms with Crippen LogP contribution in [0, 0.1) is 0 Å². The molecule has 0 spiro atoms. The summed E-state index contributed by atoms with van der Waals surface area (Å²) in [7, 11) is 5.09. The van der Waals surface area contributed by atoms with Crippen LogP contribution in [0.5, 0.6) is 0 Å². The van der Waals surface area contributed by atoms with Crippen molar-refractivity contribution in [3.05, 3.63) is 0 Å². The molecular formula is C31H55BN4O10. The minimum Gasteiger partial charge on any atom is -0.481 e. The molecule has 0 rings (SSSR count). The Labute approximate surface area is 274 Å². The quantitative estimate of drug-likeness (QED) is 0.0451. The third-order valence-electron chi connectivity index (χ3n) is 7.14. The number of rotatable bonds is 32. The van der Waals surface area contributed by atoms with Gasteiger partial charge in [-0.1, -0.05) is 51.4 Å². The molecule has 0 saturated heterocycles. The van der Waals surface area contributed by atoms with E-state index in [9.17, 15) is 33.9 Å². The van der Waals surface area contributed by atoms with E-state index in [1.54, 1.807) is 0 Å². The summed E-state index contributed by atoms with van der Waals surface area (Å²) in [4.78, 5) is 68.9. The second-order valence-corrected chi connectivity index (χ2v) is 11.3. The minimum atomic E-state index is -1.19. The number of carboxylic acid groups (broad SMARTS) is 2. The Hall–Kier alpha value is -3.04. The Bertz CT molecular complexity index is 893. The van der Waals surface area contributed by atoms with Gasteiger partial charge in [-0.05, 0) is 38.5 Å². The van der Waals surface area contributed by atoms with Crippen molar-refractivity contribution in [1.82, 2.24) is 16.0 Å². The van der Waals surface area contributed by atoms with Crippen LogP contribution in [-0.4, -0.2) is 105 Å². The van der Waals surface area contributed by atoms with Crippen molar-refractivity contribution in [2.24, 2.45) is 5.73 Å². The second-order valence-electron chi connectivity index (χ2n) is 11.3. The number of nitrogens with one attached hydrogen (secondary N) is 3. The Morgan fingerprint density at radius 2 is 1.17 bits per heavy atom. The van der Waals surface area contributed by atoms with Gasteiger partial charge in [-0.25, -0.2) is 4.79 Å². The van der Waals surface area contributed by atoms with Crippen LogP contribution >= 0.6 is 0 Å². The predicted molar refractivity (Wildman–Crippen MR) is 172 cm³/mol. The molecule has 46 heavy (non-hydrogen) atoms. The first-order valence-electron chi connectivity index (χ1n) is 16.5. The summed E-state index contributed by atoms with van der Waals surface area (Å²) in [6.45, 7) is 1.15. The molecule has 0 aliphatic carbocycles. The van der Waals surface area contributed by atoms with Gasteiger partial charge >= 0.3 is 11.9 Å². The fourth-order valence-corrected chi connectivity index (χ4v) is 4.42. The zero-order valence-corrected chi connectivity index (χ0v) is 27.2. The van der Waals surface area contributed by atoms with Gasteiger partial charge < -0.3 is 46.2 Å². The third kappa shape index (κ3) is 28.4. The van der Waals surface area contributed by atoms with Crippen molar-refractivity contribution in [2.45, 2.75) is 121 Å². The van der Waals surface area contributed by atoms with E-state index in [4.69, 9.17) is 28.2 Å². The van der Waals surface area contributed by atoms with Crippen molar-refractivity contribution in [1.29, 1.82) is 0 Å². The third-order valence-corrected chi connectivity index (χ3v) is 7.14. The summed E-state index contributed by atoms with van der Waals surface area (Å²) in [6.07, 6.45) is 11.9. The van der Waals surface area contributed by atoms with E-state index in [-0.39, 0.29) is 76.4 Å². The number of carbonyl (C=O) groups excluding carboxylic acids is 4. The summed E-state index contributed by atoms with van der Waals surface area (Å²) in [5, 5.41) is 25.9. The van der Waals surface area contributed by atoms with Crippen molar-refractivity contribution < 1.29 is 48.5 Å². The fraction of sp³-hybridized carbons (Fsp3) is 0.806. The average molecular weight is 655 g/mol. The summed E-state index contributed by atoms with van der Waals surface area (Å²) in [5.41, 5.74) is 4.99. The molecule has 15 heteroatoms. The topological polar surface area (TPSA) is 223 Å². The maximum Gasteiger partial charge on any atom is 0.326 e. The zero-order chi connectivity index (χ0) is 34.4. The highest BCUT2D eigenvalue weighted by molar-refractivity contribution is 6.59. The largest absolute Gasteiger partial charge is 0.481 e. The van der Waals surface area contributed by atoms with Gasteiger partial charge in [-0.3, -0.25) is 19.2 Å². The Morgan fingerprint density at radius 3 is 1.76 bits per heavy atom. The van der Waals surface area contributed by atoms with Gasteiger partial charge in [0.1, 0.15) is 12.6 Å². The molecule has 2 unspecified atom stereocenters. The van der Waals surface area contributed by atoms with Crippen LogP contribution < -0.4 is 21.7 Å². The molecule has 0 aliphatic heterocycles. The number of amides is 3. The number of hydrogen-bond acceptors (Lipinski definition) is 9. The molecular weight excluding hydrogens is 599 g/mol. The maximum absolute atomic E-state index is 12.2. The average Bonchev–Trinajstić information content (AvgIpc) is 3.00.